The topological polar surface area (TPSA) is 69.2 Å². The van der Waals surface area contributed by atoms with E-state index >= 15 is 0 Å². The number of benzene rings is 2. The Balaban J connectivity index is 1.54. The molecule has 2 aromatic carbocycles. The molecule has 0 fully saturated rings. The Morgan fingerprint density at radius 3 is 2.75 bits per heavy atom. The molecule has 24 heavy (non-hydrogen) atoms. The summed E-state index contributed by atoms with van der Waals surface area (Å²) in [5, 5.41) is 3.95. The molecular formula is C18H18N2O4. The maximum atomic E-state index is 12.1. The second-order valence-electron chi connectivity index (χ2n) is 5.10. The molecule has 1 heterocycles. The molecule has 2 aromatic rings. The van der Waals surface area contributed by atoms with E-state index in [9.17, 15) is 4.79 Å². The van der Waals surface area contributed by atoms with Gasteiger partial charge in [-0.2, -0.15) is 5.10 Å². The highest BCUT2D eigenvalue weighted by molar-refractivity contribution is 5.85. The number of carbonyl (C=O) groups is 1. The van der Waals surface area contributed by atoms with Crippen molar-refractivity contribution in [1.29, 1.82) is 0 Å². The molecule has 0 saturated carbocycles. The second kappa shape index (κ2) is 7.50. The molecule has 0 aliphatic carbocycles. The van der Waals surface area contributed by atoms with Gasteiger partial charge in [-0.15, -0.1) is 0 Å². The van der Waals surface area contributed by atoms with Gasteiger partial charge in [0.1, 0.15) is 12.4 Å². The van der Waals surface area contributed by atoms with Crippen molar-refractivity contribution in [3.8, 4) is 17.2 Å². The van der Waals surface area contributed by atoms with Gasteiger partial charge in [-0.05, 0) is 48.9 Å². The normalized spacial score (nSPS) is 16.0. The van der Waals surface area contributed by atoms with E-state index in [0.29, 0.717) is 18.1 Å². The van der Waals surface area contributed by atoms with Crippen LogP contribution >= 0.6 is 0 Å². The third-order valence-electron chi connectivity index (χ3n) is 3.38. The summed E-state index contributed by atoms with van der Waals surface area (Å²) in [4.78, 5) is 12.1. The van der Waals surface area contributed by atoms with Gasteiger partial charge in [0.15, 0.2) is 11.5 Å². The predicted molar refractivity (Wildman–Crippen MR) is 89.7 cm³/mol. The van der Waals surface area contributed by atoms with Crippen LogP contribution in [-0.2, 0) is 4.79 Å². The van der Waals surface area contributed by atoms with Crippen LogP contribution in [0.1, 0.15) is 12.5 Å². The molecule has 3 rings (SSSR count). The average molecular weight is 326 g/mol. The maximum absolute atomic E-state index is 12.1. The zero-order valence-corrected chi connectivity index (χ0v) is 13.3. The zero-order valence-electron chi connectivity index (χ0n) is 13.3. The number of hydrazone groups is 1. The lowest BCUT2D eigenvalue weighted by Gasteiger charge is -2.24. The van der Waals surface area contributed by atoms with Crippen molar-refractivity contribution < 1.29 is 19.0 Å². The first-order valence-corrected chi connectivity index (χ1v) is 7.70. The van der Waals surface area contributed by atoms with Crippen LogP contribution in [0.25, 0.3) is 0 Å². The molecule has 124 valence electrons. The van der Waals surface area contributed by atoms with Crippen molar-refractivity contribution in [2.24, 2.45) is 5.10 Å². The quantitative estimate of drug-likeness (QED) is 0.676. The third-order valence-corrected chi connectivity index (χ3v) is 3.38. The third kappa shape index (κ3) is 3.84. The SMILES string of the molecule is CCOc1ccc(/C=N\NC(=O)[C@H]2COc3ccccc3O2)cc1. The number of hydrogen-bond donors (Lipinski definition) is 1. The molecule has 0 unspecified atom stereocenters. The van der Waals surface area contributed by atoms with E-state index in [1.807, 2.05) is 43.3 Å². The van der Waals surface area contributed by atoms with Gasteiger partial charge in [0, 0.05) is 0 Å². The highest BCUT2D eigenvalue weighted by Crippen LogP contribution is 2.30. The van der Waals surface area contributed by atoms with Gasteiger partial charge >= 0.3 is 0 Å². The molecule has 1 aliphatic rings. The Morgan fingerprint density at radius 1 is 1.25 bits per heavy atom. The van der Waals surface area contributed by atoms with Crippen molar-refractivity contribution in [3.05, 3.63) is 54.1 Å². The van der Waals surface area contributed by atoms with E-state index in [0.717, 1.165) is 11.3 Å². The number of hydrogen-bond acceptors (Lipinski definition) is 5. The molecule has 1 atom stereocenters. The van der Waals surface area contributed by atoms with Crippen molar-refractivity contribution in [3.63, 3.8) is 0 Å². The number of fused-ring (bicyclic) bond motifs is 1. The summed E-state index contributed by atoms with van der Waals surface area (Å²) in [6.45, 7) is 2.71. The van der Waals surface area contributed by atoms with Gasteiger partial charge in [0.25, 0.3) is 5.91 Å². The fourth-order valence-corrected chi connectivity index (χ4v) is 2.21. The van der Waals surface area contributed by atoms with E-state index in [1.165, 1.54) is 0 Å². The van der Waals surface area contributed by atoms with E-state index < -0.39 is 6.10 Å². The zero-order chi connectivity index (χ0) is 16.8. The Hall–Kier alpha value is -3.02. The average Bonchev–Trinajstić information content (AvgIpc) is 2.63. The molecule has 1 aliphatic heterocycles. The minimum absolute atomic E-state index is 0.154. The number of carbonyl (C=O) groups excluding carboxylic acids is 1. The number of nitrogens with one attached hydrogen (secondary N) is 1. The Bertz CT molecular complexity index is 728. The second-order valence-corrected chi connectivity index (χ2v) is 5.10. The smallest absolute Gasteiger partial charge is 0.284 e. The van der Waals surface area contributed by atoms with Crippen molar-refractivity contribution >= 4 is 12.1 Å². The maximum Gasteiger partial charge on any atom is 0.284 e. The fraction of sp³-hybridized carbons (Fsp3) is 0.222. The van der Waals surface area contributed by atoms with Gasteiger partial charge in [-0.1, -0.05) is 12.1 Å². The molecule has 0 bridgehead atoms. The lowest BCUT2D eigenvalue weighted by Crippen LogP contribution is -2.42. The van der Waals surface area contributed by atoms with Crippen LogP contribution in [0, 0.1) is 0 Å². The van der Waals surface area contributed by atoms with E-state index in [4.69, 9.17) is 14.2 Å². The summed E-state index contributed by atoms with van der Waals surface area (Å²) < 4.78 is 16.5. The molecule has 0 spiro atoms. The number of amides is 1. The summed E-state index contributed by atoms with van der Waals surface area (Å²) in [7, 11) is 0. The van der Waals surface area contributed by atoms with Crippen LogP contribution in [0.3, 0.4) is 0 Å². The molecule has 0 saturated heterocycles. The minimum Gasteiger partial charge on any atom is -0.494 e. The van der Waals surface area contributed by atoms with Crippen LogP contribution in [0.5, 0.6) is 17.2 Å². The molecule has 0 radical (unpaired) electrons. The number of nitrogens with zero attached hydrogens (tertiary/aromatic N) is 1. The lowest BCUT2D eigenvalue weighted by molar-refractivity contribution is -0.130. The summed E-state index contributed by atoms with van der Waals surface area (Å²) in [5.41, 5.74) is 3.32. The largest absolute Gasteiger partial charge is 0.494 e. The summed E-state index contributed by atoms with van der Waals surface area (Å²) >= 11 is 0. The minimum atomic E-state index is -0.725. The number of rotatable bonds is 5. The summed E-state index contributed by atoms with van der Waals surface area (Å²) in [6.07, 6.45) is 0.836. The molecule has 6 heteroatoms. The van der Waals surface area contributed by atoms with Crippen LogP contribution in [0.4, 0.5) is 0 Å². The molecule has 1 N–H and O–H groups in total. The van der Waals surface area contributed by atoms with E-state index in [1.54, 1.807) is 18.3 Å². The fourth-order valence-electron chi connectivity index (χ4n) is 2.21. The van der Waals surface area contributed by atoms with E-state index in [-0.39, 0.29) is 12.5 Å². The first-order chi connectivity index (χ1) is 11.8. The Morgan fingerprint density at radius 2 is 2.00 bits per heavy atom. The predicted octanol–water partition coefficient (Wildman–Crippen LogP) is 2.38. The first kappa shape index (κ1) is 15.9. The van der Waals surface area contributed by atoms with Crippen molar-refractivity contribution in [2.45, 2.75) is 13.0 Å². The van der Waals surface area contributed by atoms with Crippen LogP contribution in [0.15, 0.2) is 53.6 Å². The van der Waals surface area contributed by atoms with E-state index in [2.05, 4.69) is 10.5 Å². The van der Waals surface area contributed by atoms with Crippen molar-refractivity contribution in [2.75, 3.05) is 13.2 Å². The van der Waals surface area contributed by atoms with Crippen LogP contribution in [0.2, 0.25) is 0 Å². The molecule has 0 aromatic heterocycles. The highest BCUT2D eigenvalue weighted by atomic mass is 16.6. The van der Waals surface area contributed by atoms with Crippen LogP contribution in [-0.4, -0.2) is 31.4 Å². The standard InChI is InChI=1S/C18H18N2O4/c1-2-22-14-9-7-13(8-10-14)11-19-20-18(21)17-12-23-15-5-3-4-6-16(15)24-17/h3-11,17H,2,12H2,1H3,(H,20,21)/b19-11-/t17-/m1/s1. The van der Waals surface area contributed by atoms with Gasteiger partial charge in [-0.3, -0.25) is 4.79 Å². The Labute approximate surface area is 140 Å². The van der Waals surface area contributed by atoms with Gasteiger partial charge in [-0.25, -0.2) is 5.43 Å². The number of ether oxygens (including phenoxy) is 3. The van der Waals surface area contributed by atoms with Crippen molar-refractivity contribution in [1.82, 2.24) is 5.43 Å². The van der Waals surface area contributed by atoms with Gasteiger partial charge in [0.2, 0.25) is 6.10 Å². The highest BCUT2D eigenvalue weighted by Gasteiger charge is 2.26. The molecule has 1 amide bonds. The monoisotopic (exact) mass is 326 g/mol. The first-order valence-electron chi connectivity index (χ1n) is 7.70. The lowest BCUT2D eigenvalue weighted by atomic mass is 10.2. The summed E-state index contributed by atoms with van der Waals surface area (Å²) in [5.74, 6) is 1.63. The molecule has 6 nitrogen and oxygen atoms in total. The Kier molecular flexibility index (Phi) is 4.96. The number of para-hydroxylation sites is 2. The molecular weight excluding hydrogens is 308 g/mol. The van der Waals surface area contributed by atoms with Gasteiger partial charge in [0.05, 0.1) is 12.8 Å². The van der Waals surface area contributed by atoms with Crippen LogP contribution < -0.4 is 19.6 Å². The van der Waals surface area contributed by atoms with Gasteiger partial charge < -0.3 is 14.2 Å². The summed E-state index contributed by atoms with van der Waals surface area (Å²) in [6, 6.07) is 14.7.